The van der Waals surface area contributed by atoms with Crippen molar-refractivity contribution in [2.45, 2.75) is 17.4 Å². The summed E-state index contributed by atoms with van der Waals surface area (Å²) in [5.41, 5.74) is 6.67. The lowest BCUT2D eigenvalue weighted by Gasteiger charge is -2.12. The Balaban J connectivity index is 1.89. The van der Waals surface area contributed by atoms with Crippen molar-refractivity contribution in [1.29, 1.82) is 0 Å². The SMILES string of the molecule is NC(CSc1ccc(Br)cc1)Cc1ccc(Cl)cc1F. The highest BCUT2D eigenvalue weighted by atomic mass is 79.9. The van der Waals surface area contributed by atoms with Crippen LogP contribution >= 0.6 is 39.3 Å². The molecular weight excluding hydrogens is 361 g/mol. The number of nitrogens with two attached hydrogens (primary N) is 1. The largest absolute Gasteiger partial charge is 0.327 e. The van der Waals surface area contributed by atoms with Crippen LogP contribution < -0.4 is 5.73 Å². The molecule has 0 heterocycles. The second kappa shape index (κ2) is 7.46. The van der Waals surface area contributed by atoms with Gasteiger partial charge in [0.1, 0.15) is 5.82 Å². The van der Waals surface area contributed by atoms with Crippen LogP contribution in [0.2, 0.25) is 5.02 Å². The Morgan fingerprint density at radius 3 is 2.55 bits per heavy atom. The molecule has 1 unspecified atom stereocenters. The van der Waals surface area contributed by atoms with Gasteiger partial charge in [0.15, 0.2) is 0 Å². The van der Waals surface area contributed by atoms with E-state index in [1.165, 1.54) is 6.07 Å². The minimum absolute atomic E-state index is 0.0978. The van der Waals surface area contributed by atoms with Crippen molar-refractivity contribution in [3.05, 3.63) is 63.3 Å². The van der Waals surface area contributed by atoms with Crippen LogP contribution in [-0.4, -0.2) is 11.8 Å². The lowest BCUT2D eigenvalue weighted by molar-refractivity contribution is 0.597. The standard InChI is InChI=1S/C15H14BrClFNS/c16-11-2-5-14(6-3-11)20-9-13(19)7-10-1-4-12(17)8-15(10)18/h1-6,8,13H,7,9,19H2. The monoisotopic (exact) mass is 373 g/mol. The minimum Gasteiger partial charge on any atom is -0.327 e. The van der Waals surface area contributed by atoms with Gasteiger partial charge in [-0.05, 0) is 48.4 Å². The lowest BCUT2D eigenvalue weighted by atomic mass is 10.1. The van der Waals surface area contributed by atoms with Crippen LogP contribution in [0.25, 0.3) is 0 Å². The van der Waals surface area contributed by atoms with Crippen molar-refractivity contribution < 1.29 is 4.39 Å². The zero-order valence-corrected chi connectivity index (χ0v) is 13.8. The molecule has 0 bridgehead atoms. The number of halogens is 3. The summed E-state index contributed by atoms with van der Waals surface area (Å²) in [6.07, 6.45) is 0.506. The second-order valence-corrected chi connectivity index (χ2v) is 6.91. The predicted molar refractivity (Wildman–Crippen MR) is 88.0 cm³/mol. The molecule has 5 heteroatoms. The van der Waals surface area contributed by atoms with Gasteiger partial charge in [-0.25, -0.2) is 4.39 Å². The van der Waals surface area contributed by atoms with Crippen molar-refractivity contribution in [2.24, 2.45) is 5.73 Å². The van der Waals surface area contributed by atoms with Gasteiger partial charge in [-0.2, -0.15) is 0 Å². The number of hydrogen-bond acceptors (Lipinski definition) is 2. The summed E-state index contributed by atoms with van der Waals surface area (Å²) in [6.45, 7) is 0. The molecule has 1 nitrogen and oxygen atoms in total. The van der Waals surface area contributed by atoms with E-state index in [2.05, 4.69) is 15.9 Å². The van der Waals surface area contributed by atoms with E-state index in [0.29, 0.717) is 17.0 Å². The number of hydrogen-bond donors (Lipinski definition) is 1. The molecule has 106 valence electrons. The molecule has 20 heavy (non-hydrogen) atoms. The maximum absolute atomic E-state index is 13.7. The smallest absolute Gasteiger partial charge is 0.127 e. The van der Waals surface area contributed by atoms with Gasteiger partial charge in [0.05, 0.1) is 0 Å². The van der Waals surface area contributed by atoms with Crippen molar-refractivity contribution in [3.8, 4) is 0 Å². The average molecular weight is 375 g/mol. The van der Waals surface area contributed by atoms with Crippen LogP contribution in [0, 0.1) is 5.82 Å². The van der Waals surface area contributed by atoms with Crippen molar-refractivity contribution in [2.75, 3.05) is 5.75 Å². The fourth-order valence-electron chi connectivity index (χ4n) is 1.76. The van der Waals surface area contributed by atoms with Crippen LogP contribution in [0.5, 0.6) is 0 Å². The van der Waals surface area contributed by atoms with E-state index in [0.717, 1.165) is 15.1 Å². The Kier molecular flexibility index (Phi) is 5.90. The molecular formula is C15H14BrClFNS. The number of rotatable bonds is 5. The molecule has 2 aromatic carbocycles. The Labute approximate surface area is 135 Å². The van der Waals surface area contributed by atoms with Crippen molar-refractivity contribution in [3.63, 3.8) is 0 Å². The third kappa shape index (κ3) is 4.77. The average Bonchev–Trinajstić information content (AvgIpc) is 2.41. The van der Waals surface area contributed by atoms with Gasteiger partial charge in [0, 0.05) is 26.2 Å². The zero-order valence-electron chi connectivity index (χ0n) is 10.7. The number of benzene rings is 2. The van der Waals surface area contributed by atoms with E-state index in [1.54, 1.807) is 23.9 Å². The highest BCUT2D eigenvalue weighted by Gasteiger charge is 2.09. The van der Waals surface area contributed by atoms with Crippen molar-refractivity contribution in [1.82, 2.24) is 0 Å². The van der Waals surface area contributed by atoms with Gasteiger partial charge >= 0.3 is 0 Å². The maximum atomic E-state index is 13.7. The third-order valence-corrected chi connectivity index (χ3v) is 4.74. The first-order valence-electron chi connectivity index (χ1n) is 6.12. The summed E-state index contributed by atoms with van der Waals surface area (Å²) in [5, 5.41) is 0.407. The summed E-state index contributed by atoms with van der Waals surface area (Å²) in [5.74, 6) is 0.450. The van der Waals surface area contributed by atoms with Crippen molar-refractivity contribution >= 4 is 39.3 Å². The van der Waals surface area contributed by atoms with Gasteiger partial charge in [-0.3, -0.25) is 0 Å². The van der Waals surface area contributed by atoms with Gasteiger partial charge in [0.2, 0.25) is 0 Å². The normalized spacial score (nSPS) is 12.4. The Bertz CT molecular complexity index is 577. The Morgan fingerprint density at radius 2 is 1.90 bits per heavy atom. The molecule has 0 radical (unpaired) electrons. The molecule has 0 amide bonds. The molecule has 0 aliphatic carbocycles. The molecule has 0 aliphatic heterocycles. The summed E-state index contributed by atoms with van der Waals surface area (Å²) in [6, 6.07) is 12.7. The summed E-state index contributed by atoms with van der Waals surface area (Å²) >= 11 is 10.8. The molecule has 2 N–H and O–H groups in total. The molecule has 0 aromatic heterocycles. The molecule has 1 atom stereocenters. The van der Waals surface area contributed by atoms with E-state index >= 15 is 0 Å². The summed E-state index contributed by atoms with van der Waals surface area (Å²) in [7, 11) is 0. The van der Waals surface area contributed by atoms with Crippen LogP contribution in [0.15, 0.2) is 51.8 Å². The second-order valence-electron chi connectivity index (χ2n) is 4.46. The topological polar surface area (TPSA) is 26.0 Å². The molecule has 0 saturated heterocycles. The summed E-state index contributed by atoms with van der Waals surface area (Å²) < 4.78 is 14.7. The molecule has 0 spiro atoms. The zero-order chi connectivity index (χ0) is 14.5. The lowest BCUT2D eigenvalue weighted by Crippen LogP contribution is -2.26. The van der Waals surface area contributed by atoms with E-state index in [9.17, 15) is 4.39 Å². The van der Waals surface area contributed by atoms with Gasteiger partial charge in [0.25, 0.3) is 0 Å². The first kappa shape index (κ1) is 15.8. The van der Waals surface area contributed by atoms with Gasteiger partial charge in [-0.1, -0.05) is 33.6 Å². The first-order valence-corrected chi connectivity index (χ1v) is 8.28. The fourth-order valence-corrected chi connectivity index (χ4v) is 3.04. The van der Waals surface area contributed by atoms with Gasteiger partial charge in [-0.15, -0.1) is 11.8 Å². The fraction of sp³-hybridized carbons (Fsp3) is 0.200. The Hall–Kier alpha value is -0.550. The van der Waals surface area contributed by atoms with Crippen LogP contribution in [0.4, 0.5) is 4.39 Å². The maximum Gasteiger partial charge on any atom is 0.127 e. The van der Waals surface area contributed by atoms with Crippen LogP contribution in [-0.2, 0) is 6.42 Å². The molecule has 0 saturated carbocycles. The molecule has 0 aliphatic rings. The van der Waals surface area contributed by atoms with E-state index in [4.69, 9.17) is 17.3 Å². The molecule has 2 aromatic rings. The highest BCUT2D eigenvalue weighted by molar-refractivity contribution is 9.10. The van der Waals surface area contributed by atoms with Crippen LogP contribution in [0.1, 0.15) is 5.56 Å². The van der Waals surface area contributed by atoms with E-state index < -0.39 is 0 Å². The van der Waals surface area contributed by atoms with Crippen LogP contribution in [0.3, 0.4) is 0 Å². The third-order valence-electron chi connectivity index (χ3n) is 2.77. The van der Waals surface area contributed by atoms with E-state index in [1.807, 2.05) is 24.3 Å². The van der Waals surface area contributed by atoms with Gasteiger partial charge < -0.3 is 5.73 Å². The quantitative estimate of drug-likeness (QED) is 0.753. The molecule has 0 fully saturated rings. The van der Waals surface area contributed by atoms with E-state index in [-0.39, 0.29) is 11.9 Å². The first-order chi connectivity index (χ1) is 9.54. The Morgan fingerprint density at radius 1 is 1.20 bits per heavy atom. The molecule has 2 rings (SSSR count). The minimum atomic E-state index is -0.290. The number of thioether (sulfide) groups is 1. The predicted octanol–water partition coefficient (Wildman–Crippen LogP) is 4.90. The highest BCUT2D eigenvalue weighted by Crippen LogP contribution is 2.22. The summed E-state index contributed by atoms with van der Waals surface area (Å²) in [4.78, 5) is 1.15.